The highest BCUT2D eigenvalue weighted by atomic mass is 19.3. The molecule has 0 unspecified atom stereocenters. The largest absolute Gasteiger partial charge is 0.507 e. The van der Waals surface area contributed by atoms with E-state index in [1.54, 1.807) is 6.07 Å². The zero-order valence-electron chi connectivity index (χ0n) is 11.5. The molecule has 6 heteroatoms. The third-order valence-electron chi connectivity index (χ3n) is 3.57. The van der Waals surface area contributed by atoms with Crippen molar-refractivity contribution in [2.45, 2.75) is 12.8 Å². The van der Waals surface area contributed by atoms with Gasteiger partial charge in [0.25, 0.3) is 6.43 Å². The van der Waals surface area contributed by atoms with Crippen molar-refractivity contribution in [2.24, 2.45) is 0 Å². The van der Waals surface area contributed by atoms with E-state index in [1.807, 2.05) is 0 Å². The summed E-state index contributed by atoms with van der Waals surface area (Å²) in [5.41, 5.74) is 0.151. The molecular formula is C14H20F2N2O2. The van der Waals surface area contributed by atoms with Crippen LogP contribution in [0.2, 0.25) is 0 Å². The summed E-state index contributed by atoms with van der Waals surface area (Å²) >= 11 is 0. The van der Waals surface area contributed by atoms with Gasteiger partial charge in [0.1, 0.15) is 11.5 Å². The van der Waals surface area contributed by atoms with E-state index in [4.69, 9.17) is 4.74 Å². The molecule has 1 aromatic carbocycles. The van der Waals surface area contributed by atoms with Crippen LogP contribution in [0.5, 0.6) is 11.5 Å². The molecule has 0 amide bonds. The Kier molecular flexibility index (Phi) is 5.14. The van der Waals surface area contributed by atoms with E-state index in [9.17, 15) is 13.9 Å². The zero-order valence-corrected chi connectivity index (χ0v) is 11.5. The highest BCUT2D eigenvalue weighted by molar-refractivity contribution is 5.47. The van der Waals surface area contributed by atoms with Crippen molar-refractivity contribution in [3.8, 4) is 11.5 Å². The molecule has 1 aliphatic rings. The maximum absolute atomic E-state index is 12.9. The third kappa shape index (κ3) is 3.58. The van der Waals surface area contributed by atoms with Crippen molar-refractivity contribution < 1.29 is 18.6 Å². The Morgan fingerprint density at radius 2 is 2.05 bits per heavy atom. The summed E-state index contributed by atoms with van der Waals surface area (Å²) in [5, 5.41) is 13.2. The number of alkyl halides is 2. The molecule has 0 bridgehead atoms. The molecule has 20 heavy (non-hydrogen) atoms. The predicted octanol–water partition coefficient (Wildman–Crippen LogP) is 1.79. The van der Waals surface area contributed by atoms with E-state index >= 15 is 0 Å². The number of ether oxygens (including phenoxy) is 1. The molecule has 0 radical (unpaired) electrons. The van der Waals surface area contributed by atoms with Gasteiger partial charge in [0.05, 0.1) is 12.7 Å². The number of methoxy groups -OCH3 is 1. The molecule has 2 N–H and O–H groups in total. The first-order valence-electron chi connectivity index (χ1n) is 6.73. The molecule has 1 saturated heterocycles. The smallest absolute Gasteiger partial charge is 0.267 e. The second kappa shape index (κ2) is 6.85. The number of phenolic OH excluding ortho intramolecular Hbond substituents is 1. The van der Waals surface area contributed by atoms with Crippen molar-refractivity contribution in [2.75, 3.05) is 39.8 Å². The first kappa shape index (κ1) is 15.0. The maximum Gasteiger partial charge on any atom is 0.267 e. The molecule has 2 rings (SSSR count). The van der Waals surface area contributed by atoms with Crippen LogP contribution in [0.15, 0.2) is 12.1 Å². The van der Waals surface area contributed by atoms with E-state index in [-0.39, 0.29) is 11.3 Å². The van der Waals surface area contributed by atoms with Gasteiger partial charge in [0.15, 0.2) is 0 Å². The topological polar surface area (TPSA) is 44.7 Å². The van der Waals surface area contributed by atoms with Crippen molar-refractivity contribution in [1.82, 2.24) is 10.2 Å². The normalized spacial score (nSPS) is 16.6. The summed E-state index contributed by atoms with van der Waals surface area (Å²) < 4.78 is 30.8. The van der Waals surface area contributed by atoms with Crippen LogP contribution < -0.4 is 10.1 Å². The van der Waals surface area contributed by atoms with Gasteiger partial charge in [0.2, 0.25) is 0 Å². The lowest BCUT2D eigenvalue weighted by molar-refractivity contribution is 0.146. The summed E-state index contributed by atoms with van der Waals surface area (Å²) in [5.74, 6) is 0.0457. The Labute approximate surface area is 117 Å². The lowest BCUT2D eigenvalue weighted by atomic mass is 10.0. The molecule has 1 aromatic rings. The Hall–Kier alpha value is -1.40. The highest BCUT2D eigenvalue weighted by Gasteiger charge is 2.19. The molecule has 0 aromatic heterocycles. The number of hydrogen-bond acceptors (Lipinski definition) is 4. The number of piperazine rings is 1. The fourth-order valence-corrected chi connectivity index (χ4v) is 2.38. The Balaban J connectivity index is 2.11. The van der Waals surface area contributed by atoms with Gasteiger partial charge in [-0.3, -0.25) is 0 Å². The summed E-state index contributed by atoms with van der Waals surface area (Å²) in [7, 11) is 1.43. The summed E-state index contributed by atoms with van der Waals surface area (Å²) in [6, 6.07) is 2.82. The molecular weight excluding hydrogens is 266 g/mol. The number of rotatable bonds is 5. The van der Waals surface area contributed by atoms with Crippen LogP contribution in [0.25, 0.3) is 0 Å². The third-order valence-corrected chi connectivity index (χ3v) is 3.57. The van der Waals surface area contributed by atoms with Crippen LogP contribution in [0.1, 0.15) is 17.6 Å². The van der Waals surface area contributed by atoms with E-state index in [0.717, 1.165) is 32.7 Å². The number of phenols is 1. The summed E-state index contributed by atoms with van der Waals surface area (Å²) in [6.07, 6.45) is -2.18. The Morgan fingerprint density at radius 3 is 2.65 bits per heavy atom. The molecule has 1 fully saturated rings. The van der Waals surface area contributed by atoms with Crippen LogP contribution in [0.3, 0.4) is 0 Å². The number of benzene rings is 1. The molecule has 4 nitrogen and oxygen atoms in total. The molecule has 1 aliphatic heterocycles. The van der Waals surface area contributed by atoms with Crippen LogP contribution in [-0.2, 0) is 6.42 Å². The quantitative estimate of drug-likeness (QED) is 0.866. The zero-order chi connectivity index (χ0) is 14.5. The molecule has 0 atom stereocenters. The van der Waals surface area contributed by atoms with Gasteiger partial charge in [-0.05, 0) is 24.1 Å². The second-order valence-corrected chi connectivity index (χ2v) is 4.87. The van der Waals surface area contributed by atoms with Crippen molar-refractivity contribution in [3.63, 3.8) is 0 Å². The molecule has 112 valence electrons. The van der Waals surface area contributed by atoms with E-state index in [2.05, 4.69) is 10.2 Å². The maximum atomic E-state index is 12.9. The molecule has 0 spiro atoms. The van der Waals surface area contributed by atoms with Gasteiger partial charge >= 0.3 is 0 Å². The van der Waals surface area contributed by atoms with E-state index < -0.39 is 6.43 Å². The number of halogens is 2. The predicted molar refractivity (Wildman–Crippen MR) is 72.6 cm³/mol. The fraction of sp³-hybridized carbons (Fsp3) is 0.571. The van der Waals surface area contributed by atoms with Crippen molar-refractivity contribution in [3.05, 3.63) is 23.3 Å². The lowest BCUT2D eigenvalue weighted by Crippen LogP contribution is -2.44. The lowest BCUT2D eigenvalue weighted by Gasteiger charge is -2.27. The monoisotopic (exact) mass is 286 g/mol. The number of nitrogens with one attached hydrogen (secondary N) is 1. The van der Waals surface area contributed by atoms with Crippen LogP contribution in [0.4, 0.5) is 8.78 Å². The average molecular weight is 286 g/mol. The van der Waals surface area contributed by atoms with Gasteiger partial charge in [-0.1, -0.05) is 0 Å². The summed E-state index contributed by atoms with van der Waals surface area (Å²) in [6.45, 7) is 4.49. The first-order chi connectivity index (χ1) is 9.61. The Bertz CT molecular complexity index is 449. The fourth-order valence-electron chi connectivity index (χ4n) is 2.38. The van der Waals surface area contributed by atoms with E-state index in [0.29, 0.717) is 17.7 Å². The molecule has 0 saturated carbocycles. The number of aromatic hydroxyl groups is 1. The van der Waals surface area contributed by atoms with Gasteiger partial charge in [-0.25, -0.2) is 8.78 Å². The van der Waals surface area contributed by atoms with Crippen molar-refractivity contribution in [1.29, 1.82) is 0 Å². The minimum absolute atomic E-state index is 0.309. The standard InChI is InChI=1S/C14H20F2N2O2/c1-20-11-8-10(13(19)12(9-11)14(15)16)2-5-18-6-3-17-4-7-18/h8-9,14,17,19H,2-7H2,1H3. The average Bonchev–Trinajstić information content (AvgIpc) is 2.47. The van der Waals surface area contributed by atoms with Crippen molar-refractivity contribution >= 4 is 0 Å². The van der Waals surface area contributed by atoms with Crippen LogP contribution in [-0.4, -0.2) is 49.8 Å². The molecule has 1 heterocycles. The van der Waals surface area contributed by atoms with Crippen LogP contribution >= 0.6 is 0 Å². The minimum atomic E-state index is -2.71. The SMILES string of the molecule is COc1cc(CCN2CCNCC2)c(O)c(C(F)F)c1. The van der Waals surface area contributed by atoms with Gasteiger partial charge < -0.3 is 20.1 Å². The number of hydrogen-bond donors (Lipinski definition) is 2. The summed E-state index contributed by atoms with van der Waals surface area (Å²) in [4.78, 5) is 2.25. The minimum Gasteiger partial charge on any atom is -0.507 e. The van der Waals surface area contributed by atoms with Gasteiger partial charge in [-0.2, -0.15) is 0 Å². The van der Waals surface area contributed by atoms with Crippen LogP contribution in [0, 0.1) is 0 Å². The van der Waals surface area contributed by atoms with E-state index in [1.165, 1.54) is 13.2 Å². The van der Waals surface area contributed by atoms with Gasteiger partial charge in [0, 0.05) is 32.7 Å². The first-order valence-corrected chi connectivity index (χ1v) is 6.73. The Morgan fingerprint density at radius 1 is 1.35 bits per heavy atom. The second-order valence-electron chi connectivity index (χ2n) is 4.87. The number of nitrogens with zero attached hydrogens (tertiary/aromatic N) is 1. The van der Waals surface area contributed by atoms with Gasteiger partial charge in [-0.15, -0.1) is 0 Å². The highest BCUT2D eigenvalue weighted by Crippen LogP contribution is 2.35. The molecule has 0 aliphatic carbocycles.